The van der Waals surface area contributed by atoms with Gasteiger partial charge in [-0.2, -0.15) is 0 Å². The molecule has 8 aromatic carbocycles. The van der Waals surface area contributed by atoms with Crippen LogP contribution in [0.25, 0.3) is 71.3 Å². The number of hydrogen-bond acceptors (Lipinski definition) is 2. The van der Waals surface area contributed by atoms with Crippen molar-refractivity contribution in [3.8, 4) is 16.8 Å². The van der Waals surface area contributed by atoms with E-state index in [1.54, 1.807) is 0 Å². The zero-order valence-corrected chi connectivity index (χ0v) is 26.6. The third-order valence-corrected chi connectivity index (χ3v) is 9.76. The minimum atomic E-state index is 0.906. The lowest BCUT2D eigenvalue weighted by Gasteiger charge is -2.27. The normalized spacial score (nSPS) is 11.7. The number of aromatic nitrogens is 1. The maximum atomic E-state index is 6.52. The number of fused-ring (bicyclic) bond motifs is 8. The van der Waals surface area contributed by atoms with Crippen LogP contribution in [0.3, 0.4) is 0 Å². The number of benzene rings is 8. The molecule has 0 aliphatic carbocycles. The van der Waals surface area contributed by atoms with Gasteiger partial charge in [-0.25, -0.2) is 0 Å². The molecule has 3 heteroatoms. The van der Waals surface area contributed by atoms with Gasteiger partial charge in [-0.3, -0.25) is 0 Å². The van der Waals surface area contributed by atoms with E-state index in [0.29, 0.717) is 0 Å². The molecule has 2 heterocycles. The van der Waals surface area contributed by atoms with E-state index >= 15 is 0 Å². The molecule has 0 aliphatic heterocycles. The zero-order valence-electron chi connectivity index (χ0n) is 26.6. The van der Waals surface area contributed by atoms with E-state index in [0.717, 1.165) is 55.5 Å². The summed E-state index contributed by atoms with van der Waals surface area (Å²) in [6.07, 6.45) is 0. The predicted molar refractivity (Wildman–Crippen MR) is 206 cm³/mol. The van der Waals surface area contributed by atoms with Gasteiger partial charge in [0.05, 0.1) is 16.7 Å². The first-order valence-electron chi connectivity index (χ1n) is 16.7. The van der Waals surface area contributed by atoms with Crippen molar-refractivity contribution in [3.63, 3.8) is 0 Å². The van der Waals surface area contributed by atoms with Crippen LogP contribution in [0.1, 0.15) is 0 Å². The molecule has 0 atom stereocenters. The van der Waals surface area contributed by atoms with Gasteiger partial charge in [-0.1, -0.05) is 115 Å². The molecule has 0 aliphatic rings. The lowest BCUT2D eigenvalue weighted by atomic mass is 10.0. The Morgan fingerprint density at radius 2 is 1.02 bits per heavy atom. The summed E-state index contributed by atoms with van der Waals surface area (Å²) in [4.78, 5) is 2.40. The second kappa shape index (κ2) is 11.0. The van der Waals surface area contributed by atoms with Crippen molar-refractivity contribution in [2.45, 2.75) is 0 Å². The van der Waals surface area contributed by atoms with Crippen LogP contribution in [0, 0.1) is 0 Å². The fourth-order valence-electron chi connectivity index (χ4n) is 7.56. The van der Waals surface area contributed by atoms with Gasteiger partial charge in [0.1, 0.15) is 11.2 Å². The summed E-state index contributed by atoms with van der Waals surface area (Å²) >= 11 is 0. The van der Waals surface area contributed by atoms with Crippen LogP contribution < -0.4 is 4.90 Å². The van der Waals surface area contributed by atoms with Gasteiger partial charge in [0.15, 0.2) is 0 Å². The highest BCUT2D eigenvalue weighted by Crippen LogP contribution is 2.44. The predicted octanol–water partition coefficient (Wildman–Crippen LogP) is 13.0. The number of anilines is 3. The van der Waals surface area contributed by atoms with E-state index in [4.69, 9.17) is 4.42 Å². The summed E-state index contributed by atoms with van der Waals surface area (Å²) < 4.78 is 8.88. The van der Waals surface area contributed by atoms with E-state index in [-0.39, 0.29) is 0 Å². The molecule has 49 heavy (non-hydrogen) atoms. The third-order valence-electron chi connectivity index (χ3n) is 9.76. The largest absolute Gasteiger partial charge is 0.455 e. The molecule has 0 radical (unpaired) electrons. The summed E-state index contributed by atoms with van der Waals surface area (Å²) in [5.74, 6) is 0. The van der Waals surface area contributed by atoms with Crippen molar-refractivity contribution in [2.75, 3.05) is 4.90 Å². The average Bonchev–Trinajstić information content (AvgIpc) is 3.72. The highest BCUT2D eigenvalue weighted by Gasteiger charge is 2.21. The number of nitrogens with zero attached hydrogens (tertiary/aromatic N) is 2. The summed E-state index contributed by atoms with van der Waals surface area (Å²) in [6.45, 7) is 0. The van der Waals surface area contributed by atoms with Gasteiger partial charge in [0.25, 0.3) is 0 Å². The molecule has 0 fully saturated rings. The molecule has 2 aromatic heterocycles. The molecule has 3 nitrogen and oxygen atoms in total. The molecule has 0 N–H and O–H groups in total. The first-order chi connectivity index (χ1) is 24.3. The third kappa shape index (κ3) is 4.37. The fraction of sp³-hybridized carbons (Fsp3) is 0. The van der Waals surface area contributed by atoms with E-state index in [9.17, 15) is 0 Å². The first-order valence-corrected chi connectivity index (χ1v) is 16.7. The smallest absolute Gasteiger partial charge is 0.143 e. The summed E-state index contributed by atoms with van der Waals surface area (Å²) in [7, 11) is 0. The standard InChI is InChI=1S/C46H30N2O/c1-3-13-31(14-4-1)32-15-11-18-34(29-32)47(42-23-12-21-39-37(42)26-27-40-38-20-8-10-24-45(38)49-46(39)40)35-25-28-44-41(30-35)36-19-7-9-22-43(36)48(44)33-16-5-2-6-17-33/h1-30H. The zero-order chi connectivity index (χ0) is 32.3. The van der Waals surface area contributed by atoms with E-state index in [1.165, 1.54) is 32.9 Å². The van der Waals surface area contributed by atoms with Crippen molar-refractivity contribution in [2.24, 2.45) is 0 Å². The second-order valence-corrected chi connectivity index (χ2v) is 12.6. The van der Waals surface area contributed by atoms with Crippen molar-refractivity contribution in [1.29, 1.82) is 0 Å². The Kier molecular flexibility index (Phi) is 6.18. The summed E-state index contributed by atoms with van der Waals surface area (Å²) in [5, 5.41) is 6.93. The summed E-state index contributed by atoms with van der Waals surface area (Å²) in [6, 6.07) is 65.0. The molecular weight excluding hydrogens is 597 g/mol. The van der Waals surface area contributed by atoms with Crippen molar-refractivity contribution >= 4 is 71.6 Å². The molecule has 0 unspecified atom stereocenters. The topological polar surface area (TPSA) is 21.3 Å². The molecule has 10 aromatic rings. The van der Waals surface area contributed by atoms with E-state index in [2.05, 4.69) is 179 Å². The Morgan fingerprint density at radius 3 is 1.90 bits per heavy atom. The number of para-hydroxylation sites is 3. The number of furan rings is 1. The Morgan fingerprint density at radius 1 is 0.388 bits per heavy atom. The maximum absolute atomic E-state index is 6.52. The van der Waals surface area contributed by atoms with Crippen molar-refractivity contribution in [1.82, 2.24) is 4.57 Å². The lowest BCUT2D eigenvalue weighted by Crippen LogP contribution is -2.10. The minimum Gasteiger partial charge on any atom is -0.455 e. The molecule has 0 bridgehead atoms. The van der Waals surface area contributed by atoms with Gasteiger partial charge < -0.3 is 13.9 Å². The quantitative estimate of drug-likeness (QED) is 0.190. The monoisotopic (exact) mass is 626 g/mol. The Labute approximate surface area is 283 Å². The molecular formula is C46H30N2O. The van der Waals surface area contributed by atoms with Crippen LogP contribution in [0.2, 0.25) is 0 Å². The van der Waals surface area contributed by atoms with Crippen molar-refractivity contribution < 1.29 is 4.42 Å². The summed E-state index contributed by atoms with van der Waals surface area (Å²) in [5.41, 5.74) is 11.0. The van der Waals surface area contributed by atoms with Crippen LogP contribution in [0.4, 0.5) is 17.1 Å². The average molecular weight is 627 g/mol. The first kappa shape index (κ1) is 27.5. The number of hydrogen-bond donors (Lipinski definition) is 0. The van der Waals surface area contributed by atoms with E-state index < -0.39 is 0 Å². The van der Waals surface area contributed by atoms with Gasteiger partial charge in [0.2, 0.25) is 0 Å². The molecule has 0 saturated carbocycles. The Balaban J connectivity index is 1.25. The van der Waals surface area contributed by atoms with Crippen LogP contribution in [0.5, 0.6) is 0 Å². The number of rotatable bonds is 5. The fourth-order valence-corrected chi connectivity index (χ4v) is 7.56. The molecule has 0 saturated heterocycles. The maximum Gasteiger partial charge on any atom is 0.143 e. The second-order valence-electron chi connectivity index (χ2n) is 12.6. The Bertz CT molecular complexity index is 2830. The van der Waals surface area contributed by atoms with E-state index in [1.807, 2.05) is 12.1 Å². The van der Waals surface area contributed by atoms with Gasteiger partial charge >= 0.3 is 0 Å². The van der Waals surface area contributed by atoms with Gasteiger partial charge in [-0.05, 0) is 77.9 Å². The highest BCUT2D eigenvalue weighted by atomic mass is 16.3. The highest BCUT2D eigenvalue weighted by molar-refractivity contribution is 6.18. The SMILES string of the molecule is c1ccc(-c2cccc(N(c3ccc4c(c3)c3ccccc3n4-c3ccccc3)c3cccc4c3ccc3c5ccccc5oc43)c2)cc1. The molecule has 10 rings (SSSR count). The molecule has 0 amide bonds. The molecule has 0 spiro atoms. The van der Waals surface area contributed by atoms with Crippen molar-refractivity contribution in [3.05, 3.63) is 182 Å². The Hall–Kier alpha value is -6.58. The van der Waals surface area contributed by atoms with Crippen LogP contribution >= 0.6 is 0 Å². The minimum absolute atomic E-state index is 0.906. The van der Waals surface area contributed by atoms with Crippen LogP contribution in [-0.4, -0.2) is 4.57 Å². The molecule has 230 valence electrons. The van der Waals surface area contributed by atoms with Gasteiger partial charge in [-0.15, -0.1) is 0 Å². The van der Waals surface area contributed by atoms with Crippen LogP contribution in [0.15, 0.2) is 186 Å². The van der Waals surface area contributed by atoms with Gasteiger partial charge in [0, 0.05) is 49.4 Å². The van der Waals surface area contributed by atoms with Crippen LogP contribution in [-0.2, 0) is 0 Å². The lowest BCUT2D eigenvalue weighted by molar-refractivity contribution is 0.672.